The Hall–Kier alpha value is -0.670. The van der Waals surface area contributed by atoms with Gasteiger partial charge in [0.15, 0.2) is 0 Å². The fourth-order valence-corrected chi connectivity index (χ4v) is 3.50. The van der Waals surface area contributed by atoms with Crippen molar-refractivity contribution in [3.05, 3.63) is 23.4 Å². The number of pyridine rings is 1. The monoisotopic (exact) mass is 406 g/mol. The van der Waals surface area contributed by atoms with Gasteiger partial charge in [0.2, 0.25) is 0 Å². The summed E-state index contributed by atoms with van der Waals surface area (Å²) in [4.78, 5) is 18.4. The molecule has 146 valence electrons. The molecular weight excluding hydrogens is 379 g/mol. The van der Waals surface area contributed by atoms with Gasteiger partial charge in [-0.05, 0) is 44.2 Å². The Balaban J connectivity index is 0.00000364. The molecule has 0 bridgehead atoms. The maximum absolute atomic E-state index is 12.7. The molecule has 0 aromatic carbocycles. The molecule has 1 unspecified atom stereocenters. The van der Waals surface area contributed by atoms with Crippen LogP contribution in [-0.2, 0) is 27.8 Å². The van der Waals surface area contributed by atoms with Crippen LogP contribution in [0.25, 0.3) is 0 Å². The number of fused-ring (bicyclic) bond motifs is 1. The molecule has 0 saturated carbocycles. The van der Waals surface area contributed by atoms with Crippen molar-refractivity contribution in [2.75, 3.05) is 0 Å². The molecule has 7 nitrogen and oxygen atoms in total. The van der Waals surface area contributed by atoms with E-state index in [1.807, 2.05) is 20.8 Å². The summed E-state index contributed by atoms with van der Waals surface area (Å²) in [7, 11) is -4.61. The van der Waals surface area contributed by atoms with E-state index in [9.17, 15) is 17.8 Å². The summed E-state index contributed by atoms with van der Waals surface area (Å²) in [6.07, 6.45) is 0.676. The molecule has 2 heterocycles. The third kappa shape index (κ3) is 7.02. The minimum Gasteiger partial charge on any atom is -0.743 e. The van der Waals surface area contributed by atoms with Gasteiger partial charge in [0, 0.05) is 18.2 Å². The quantitative estimate of drug-likeness (QED) is 0.510. The Bertz CT molecular complexity index is 797. The third-order valence-electron chi connectivity index (χ3n) is 3.99. The van der Waals surface area contributed by atoms with Crippen molar-refractivity contribution in [3.8, 4) is 0 Å². The van der Waals surface area contributed by atoms with E-state index in [2.05, 4.69) is 25.8 Å². The molecule has 1 aromatic rings. The second-order valence-corrected chi connectivity index (χ2v) is 10.3. The van der Waals surface area contributed by atoms with Crippen LogP contribution in [0.4, 0.5) is 4.79 Å². The van der Waals surface area contributed by atoms with Gasteiger partial charge in [-0.1, -0.05) is 26.8 Å². The van der Waals surface area contributed by atoms with Crippen molar-refractivity contribution in [3.63, 3.8) is 0 Å². The van der Waals surface area contributed by atoms with E-state index in [4.69, 9.17) is 4.74 Å². The molecule has 27 heavy (non-hydrogen) atoms. The van der Waals surface area contributed by atoms with Gasteiger partial charge in [-0.2, -0.15) is 0 Å². The fourth-order valence-electron chi connectivity index (χ4n) is 3.04. The van der Waals surface area contributed by atoms with Crippen LogP contribution in [0.15, 0.2) is 17.2 Å². The number of carbonyl (C=O) groups excluding carboxylic acids is 1. The van der Waals surface area contributed by atoms with E-state index >= 15 is 0 Å². The summed E-state index contributed by atoms with van der Waals surface area (Å²) in [6.45, 7) is 11.9. The largest absolute Gasteiger partial charge is 1.00 e. The number of aromatic nitrogens is 1. The topological polar surface area (TPSA) is 99.6 Å². The zero-order valence-electron chi connectivity index (χ0n) is 17.2. The van der Waals surface area contributed by atoms with Crippen molar-refractivity contribution in [2.45, 2.75) is 77.6 Å². The number of ether oxygens (including phenoxy) is 1. The van der Waals surface area contributed by atoms with Crippen molar-refractivity contribution < 1.29 is 52.1 Å². The molecule has 1 aromatic heterocycles. The summed E-state index contributed by atoms with van der Waals surface area (Å²) in [5.41, 5.74) is 0.622. The van der Waals surface area contributed by atoms with Crippen LogP contribution in [0.3, 0.4) is 0 Å². The van der Waals surface area contributed by atoms with E-state index in [0.717, 1.165) is 5.56 Å². The minimum atomic E-state index is -4.61. The molecule has 0 spiro atoms. The number of nitrogens with zero attached hydrogens (tertiary/aromatic N) is 2. The molecule has 2 rings (SSSR count). The number of rotatable bonds is 2. The minimum absolute atomic E-state index is 0. The average Bonchev–Trinajstić information content (AvgIpc) is 2.41. The first kappa shape index (κ1) is 24.4. The van der Waals surface area contributed by atoms with E-state index in [1.54, 1.807) is 11.0 Å². The normalized spacial score (nSPS) is 17.7. The molecule has 0 aliphatic carbocycles. The van der Waals surface area contributed by atoms with Crippen LogP contribution < -0.4 is 29.6 Å². The third-order valence-corrected chi connectivity index (χ3v) is 4.73. The molecule has 9 heteroatoms. The SMILES string of the molecule is CC(C)(C)CC1Cc2nc(S(=O)(=O)[O-])ccc2CN1C(=O)OC(C)(C)C.[Na+]. The van der Waals surface area contributed by atoms with Gasteiger partial charge in [-0.15, -0.1) is 0 Å². The fraction of sp³-hybridized carbons (Fsp3) is 0.667. The second-order valence-electron chi connectivity index (χ2n) is 8.94. The van der Waals surface area contributed by atoms with E-state index in [1.165, 1.54) is 6.07 Å². The predicted molar refractivity (Wildman–Crippen MR) is 95.5 cm³/mol. The standard InChI is InChI=1S/C18H28N2O5S.Na/c1-17(2,3)10-13-9-14-12(7-8-15(19-14)26(22,23)24)11-20(13)16(21)25-18(4,5)6;/h7-8,13H,9-11H2,1-6H3,(H,22,23,24);/q;+1/p-1. The summed E-state index contributed by atoms with van der Waals surface area (Å²) < 4.78 is 39.3. The predicted octanol–water partition coefficient (Wildman–Crippen LogP) is 0.0877. The molecule has 1 aliphatic heterocycles. The number of carbonyl (C=O) groups is 1. The summed E-state index contributed by atoms with van der Waals surface area (Å²) in [5.74, 6) is 0. The second kappa shape index (κ2) is 8.37. The van der Waals surface area contributed by atoms with Crippen LogP contribution in [0.2, 0.25) is 0 Å². The zero-order valence-corrected chi connectivity index (χ0v) is 20.0. The van der Waals surface area contributed by atoms with Crippen LogP contribution in [0.5, 0.6) is 0 Å². The Morgan fingerprint density at radius 1 is 1.26 bits per heavy atom. The van der Waals surface area contributed by atoms with Gasteiger partial charge in [0.1, 0.15) is 20.7 Å². The maximum atomic E-state index is 12.7. The van der Waals surface area contributed by atoms with Crippen LogP contribution >= 0.6 is 0 Å². The van der Waals surface area contributed by atoms with Crippen molar-refractivity contribution in [1.29, 1.82) is 0 Å². The van der Waals surface area contributed by atoms with Gasteiger partial charge >= 0.3 is 35.7 Å². The Morgan fingerprint density at radius 2 is 1.85 bits per heavy atom. The van der Waals surface area contributed by atoms with Crippen molar-refractivity contribution in [2.24, 2.45) is 5.41 Å². The van der Waals surface area contributed by atoms with Crippen LogP contribution in [0, 0.1) is 5.41 Å². The Kier molecular flexibility index (Phi) is 7.55. The van der Waals surface area contributed by atoms with Crippen LogP contribution in [0.1, 0.15) is 59.2 Å². The average molecular weight is 406 g/mol. The van der Waals surface area contributed by atoms with E-state index in [-0.39, 0.29) is 47.6 Å². The molecule has 0 N–H and O–H groups in total. The van der Waals surface area contributed by atoms with Gasteiger partial charge in [-0.25, -0.2) is 18.2 Å². The Morgan fingerprint density at radius 3 is 2.33 bits per heavy atom. The van der Waals surface area contributed by atoms with Gasteiger partial charge in [-0.3, -0.25) is 0 Å². The van der Waals surface area contributed by atoms with E-state index < -0.39 is 26.8 Å². The summed E-state index contributed by atoms with van der Waals surface area (Å²) in [6, 6.07) is 2.56. The first-order valence-corrected chi connectivity index (χ1v) is 10.0. The van der Waals surface area contributed by atoms with Crippen molar-refractivity contribution >= 4 is 16.2 Å². The molecular formula is C18H27N2NaO5S. The van der Waals surface area contributed by atoms with Gasteiger partial charge in [0.05, 0.1) is 6.54 Å². The summed E-state index contributed by atoms with van der Waals surface area (Å²) >= 11 is 0. The van der Waals surface area contributed by atoms with Gasteiger partial charge < -0.3 is 14.2 Å². The van der Waals surface area contributed by atoms with Gasteiger partial charge in [0.25, 0.3) is 0 Å². The van der Waals surface area contributed by atoms with Crippen LogP contribution in [-0.4, -0.2) is 40.6 Å². The molecule has 0 saturated heterocycles. The zero-order chi connectivity index (χ0) is 19.9. The molecule has 1 atom stereocenters. The first-order chi connectivity index (χ1) is 11.7. The smallest absolute Gasteiger partial charge is 0.743 e. The molecule has 0 radical (unpaired) electrons. The number of amides is 1. The number of hydrogen-bond acceptors (Lipinski definition) is 6. The Labute approximate surface area is 183 Å². The first-order valence-electron chi connectivity index (χ1n) is 8.60. The van der Waals surface area contributed by atoms with E-state index in [0.29, 0.717) is 18.5 Å². The maximum Gasteiger partial charge on any atom is 1.00 e. The number of hydrogen-bond donors (Lipinski definition) is 0. The molecule has 1 amide bonds. The summed E-state index contributed by atoms with van der Waals surface area (Å²) in [5, 5.41) is -0.475. The molecule has 1 aliphatic rings. The molecule has 0 fully saturated rings. The van der Waals surface area contributed by atoms with Crippen molar-refractivity contribution in [1.82, 2.24) is 9.88 Å².